The van der Waals surface area contributed by atoms with Gasteiger partial charge in [-0.1, -0.05) is 41.9 Å². The normalized spacial score (nSPS) is 14.3. The maximum absolute atomic E-state index is 14.8. The largest absolute Gasteiger partial charge is 0.496 e. The van der Waals surface area contributed by atoms with Gasteiger partial charge in [-0.3, -0.25) is 14.6 Å². The molecule has 11 heteroatoms. The first-order valence-electron chi connectivity index (χ1n) is 15.1. The second-order valence-corrected chi connectivity index (χ2v) is 11.5. The van der Waals surface area contributed by atoms with Crippen LogP contribution in [0.4, 0.5) is 10.1 Å². The van der Waals surface area contributed by atoms with Crippen LogP contribution in [-0.2, 0) is 17.9 Å². The summed E-state index contributed by atoms with van der Waals surface area (Å²) >= 11 is 6.98. The summed E-state index contributed by atoms with van der Waals surface area (Å²) in [5.41, 5.74) is 5.74. The topological polar surface area (TPSA) is 125 Å². The molecule has 3 aromatic carbocycles. The zero-order valence-corrected chi connectivity index (χ0v) is 26.5. The smallest absolute Gasteiger partial charge is 0.258 e. The summed E-state index contributed by atoms with van der Waals surface area (Å²) in [5, 5.41) is 21.5. The Morgan fingerprint density at radius 1 is 1.11 bits per heavy atom. The highest BCUT2D eigenvalue weighted by atomic mass is 35.5. The van der Waals surface area contributed by atoms with Crippen LogP contribution in [0.1, 0.15) is 39.9 Å². The van der Waals surface area contributed by atoms with Crippen molar-refractivity contribution in [2.24, 2.45) is 0 Å². The molecule has 1 atom stereocenters. The number of halogens is 2. The Labute approximate surface area is 272 Å². The molecule has 46 heavy (non-hydrogen) atoms. The Balaban J connectivity index is 1.33. The Kier molecular flexibility index (Phi) is 11.0. The Morgan fingerprint density at radius 2 is 1.96 bits per heavy atom. The van der Waals surface area contributed by atoms with Gasteiger partial charge in [0.2, 0.25) is 5.91 Å². The quantitative estimate of drug-likeness (QED) is 0.126. The molecule has 0 bridgehead atoms. The van der Waals surface area contributed by atoms with Gasteiger partial charge in [-0.25, -0.2) is 4.39 Å². The number of nitrogens with zero attached hydrogens (tertiary/aromatic N) is 1. The van der Waals surface area contributed by atoms with Crippen molar-refractivity contribution in [3.8, 4) is 28.1 Å². The third-order valence-corrected chi connectivity index (χ3v) is 8.39. The minimum atomic E-state index is -0.629. The van der Waals surface area contributed by atoms with Gasteiger partial charge in [0.25, 0.3) is 5.91 Å². The summed E-state index contributed by atoms with van der Waals surface area (Å²) in [5.74, 6) is -0.417. The van der Waals surface area contributed by atoms with Crippen LogP contribution in [0.15, 0.2) is 66.9 Å². The average molecular weight is 646 g/mol. The summed E-state index contributed by atoms with van der Waals surface area (Å²) in [6.07, 6.45) is 3.08. The number of amides is 2. The van der Waals surface area contributed by atoms with E-state index in [0.29, 0.717) is 60.3 Å². The van der Waals surface area contributed by atoms with Gasteiger partial charge in [0.15, 0.2) is 0 Å². The maximum atomic E-state index is 14.8. The highest BCUT2D eigenvalue weighted by Gasteiger charge is 2.21. The van der Waals surface area contributed by atoms with Crippen molar-refractivity contribution in [1.82, 2.24) is 20.9 Å². The molecule has 0 saturated carbocycles. The fraction of sp³-hybridized carbons (Fsp3) is 0.286. The summed E-state index contributed by atoms with van der Waals surface area (Å²) < 4.78 is 20.5. The zero-order valence-electron chi connectivity index (χ0n) is 25.8. The summed E-state index contributed by atoms with van der Waals surface area (Å²) in [4.78, 5) is 29.1. The maximum Gasteiger partial charge on any atom is 0.258 e. The van der Waals surface area contributed by atoms with E-state index in [4.69, 9.17) is 21.4 Å². The van der Waals surface area contributed by atoms with Crippen molar-refractivity contribution in [3.63, 3.8) is 0 Å². The molecular formula is C35H37ClFN5O4. The van der Waals surface area contributed by atoms with Crippen LogP contribution in [0.2, 0.25) is 5.02 Å². The molecule has 2 heterocycles. The summed E-state index contributed by atoms with van der Waals surface area (Å²) in [7, 11) is 1.62. The number of ether oxygens (including phenoxy) is 1. The Bertz CT molecular complexity index is 1730. The molecular weight excluding hydrogens is 609 g/mol. The minimum absolute atomic E-state index is 0.0159. The number of pyridine rings is 1. The number of aliphatic hydroxyl groups excluding tert-OH is 1. The van der Waals surface area contributed by atoms with E-state index >= 15 is 0 Å². The minimum Gasteiger partial charge on any atom is -0.496 e. The van der Waals surface area contributed by atoms with E-state index in [2.05, 4.69) is 26.3 Å². The van der Waals surface area contributed by atoms with Crippen molar-refractivity contribution >= 4 is 29.1 Å². The number of methoxy groups -OCH3 is 1. The van der Waals surface area contributed by atoms with Crippen LogP contribution in [0, 0.1) is 12.7 Å². The number of hydrogen-bond acceptors (Lipinski definition) is 7. The molecule has 5 N–H and O–H groups in total. The van der Waals surface area contributed by atoms with Crippen molar-refractivity contribution in [3.05, 3.63) is 100.0 Å². The van der Waals surface area contributed by atoms with Crippen molar-refractivity contribution in [2.45, 2.75) is 38.9 Å². The number of nitrogens with one attached hydrogen (secondary N) is 4. The molecule has 9 nitrogen and oxygen atoms in total. The van der Waals surface area contributed by atoms with Gasteiger partial charge < -0.3 is 31.1 Å². The first kappa shape index (κ1) is 33.0. The van der Waals surface area contributed by atoms with Crippen LogP contribution in [0.25, 0.3) is 22.4 Å². The second-order valence-electron chi connectivity index (χ2n) is 11.1. The van der Waals surface area contributed by atoms with E-state index in [0.717, 1.165) is 34.2 Å². The molecule has 4 aromatic rings. The predicted octanol–water partition coefficient (Wildman–Crippen LogP) is 5.23. The van der Waals surface area contributed by atoms with Gasteiger partial charge in [0.1, 0.15) is 11.6 Å². The third kappa shape index (κ3) is 7.71. The Hall–Kier alpha value is -4.35. The highest BCUT2D eigenvalue weighted by Crippen LogP contribution is 2.39. The van der Waals surface area contributed by atoms with Gasteiger partial charge in [0, 0.05) is 67.2 Å². The van der Waals surface area contributed by atoms with Crippen molar-refractivity contribution in [2.75, 3.05) is 32.1 Å². The summed E-state index contributed by atoms with van der Waals surface area (Å²) in [6.45, 7) is 3.88. The van der Waals surface area contributed by atoms with E-state index in [1.54, 1.807) is 25.4 Å². The second kappa shape index (κ2) is 15.3. The Morgan fingerprint density at radius 3 is 2.70 bits per heavy atom. The molecule has 1 aromatic heterocycles. The lowest BCUT2D eigenvalue weighted by Crippen LogP contribution is -2.35. The fourth-order valence-corrected chi connectivity index (χ4v) is 5.84. The standard InChI is InChI=1S/C35H37ClFN5O4/c1-21-26(4-3-5-30(21)42-35(45)28-10-6-22(16-29(28)37)18-38-14-15-43)27-12-13-40-34(33(27)36)23-7-8-24(31(17-23)46-2)19-39-20-25-9-11-32(44)41-25/h3-8,10,12-13,16-17,25,38-39,43H,9,11,14-15,18-20H2,1-2H3,(H,41,44)(H,42,45)/t25-/m0/s1. The lowest BCUT2D eigenvalue weighted by Gasteiger charge is -2.16. The molecule has 1 fully saturated rings. The number of benzene rings is 3. The first-order valence-corrected chi connectivity index (χ1v) is 15.5. The molecule has 5 rings (SSSR count). The number of aliphatic hydroxyl groups is 1. The SMILES string of the molecule is COc1cc(-c2nccc(-c3cccc(NC(=O)c4ccc(CNCCO)cc4F)c3C)c2Cl)ccc1CNC[C@@H]1CCC(=O)N1. The van der Waals surface area contributed by atoms with Gasteiger partial charge in [-0.15, -0.1) is 0 Å². The van der Waals surface area contributed by atoms with Crippen molar-refractivity contribution in [1.29, 1.82) is 0 Å². The van der Waals surface area contributed by atoms with Gasteiger partial charge in [-0.05, 0) is 60.4 Å². The van der Waals surface area contributed by atoms with E-state index in [1.807, 2.05) is 43.3 Å². The lowest BCUT2D eigenvalue weighted by atomic mass is 9.97. The van der Waals surface area contributed by atoms with Gasteiger partial charge >= 0.3 is 0 Å². The van der Waals surface area contributed by atoms with Crippen molar-refractivity contribution < 1.29 is 23.8 Å². The van der Waals surface area contributed by atoms with Crippen LogP contribution < -0.4 is 26.0 Å². The zero-order chi connectivity index (χ0) is 32.6. The van der Waals surface area contributed by atoms with Crippen LogP contribution in [0.3, 0.4) is 0 Å². The van der Waals surface area contributed by atoms with E-state index in [-0.39, 0.29) is 24.1 Å². The molecule has 1 aliphatic rings. The van der Waals surface area contributed by atoms with Gasteiger partial charge in [-0.2, -0.15) is 0 Å². The molecule has 240 valence electrons. The highest BCUT2D eigenvalue weighted by molar-refractivity contribution is 6.35. The van der Waals surface area contributed by atoms with Crippen LogP contribution >= 0.6 is 11.6 Å². The predicted molar refractivity (Wildman–Crippen MR) is 177 cm³/mol. The number of hydrogen-bond donors (Lipinski definition) is 5. The van der Waals surface area contributed by atoms with E-state index in [1.165, 1.54) is 12.1 Å². The van der Waals surface area contributed by atoms with Crippen LogP contribution in [0.5, 0.6) is 5.75 Å². The van der Waals surface area contributed by atoms with E-state index < -0.39 is 11.7 Å². The molecule has 0 aliphatic carbocycles. The lowest BCUT2D eigenvalue weighted by molar-refractivity contribution is -0.119. The molecule has 1 aliphatic heterocycles. The number of carbonyl (C=O) groups excluding carboxylic acids is 2. The third-order valence-electron chi connectivity index (χ3n) is 8.01. The molecule has 0 unspecified atom stereocenters. The molecule has 0 radical (unpaired) electrons. The fourth-order valence-electron chi connectivity index (χ4n) is 5.52. The first-order chi connectivity index (χ1) is 22.3. The average Bonchev–Trinajstić information content (AvgIpc) is 3.47. The molecule has 0 spiro atoms. The monoisotopic (exact) mass is 645 g/mol. The van der Waals surface area contributed by atoms with Crippen LogP contribution in [-0.4, -0.2) is 54.8 Å². The molecule has 2 amide bonds. The number of anilines is 1. The summed E-state index contributed by atoms with van der Waals surface area (Å²) in [6, 6.07) is 17.7. The number of carbonyl (C=O) groups is 2. The molecule has 1 saturated heterocycles. The number of aromatic nitrogens is 1. The number of rotatable bonds is 13. The van der Waals surface area contributed by atoms with E-state index in [9.17, 15) is 14.0 Å². The van der Waals surface area contributed by atoms with Gasteiger partial charge in [0.05, 0.1) is 30.0 Å².